The zero-order valence-electron chi connectivity index (χ0n) is 15.1. The fraction of sp³-hybridized carbons (Fsp3) is 0.600. The first-order valence-electron chi connectivity index (χ1n) is 9.26. The normalized spacial score (nSPS) is 22.4. The number of hydrogen-bond acceptors (Lipinski definition) is 4. The maximum atomic E-state index is 12.8. The van der Waals surface area contributed by atoms with Gasteiger partial charge in [0, 0.05) is 5.92 Å². The van der Waals surface area contributed by atoms with E-state index in [1.54, 1.807) is 0 Å². The quantitative estimate of drug-likeness (QED) is 0.779. The van der Waals surface area contributed by atoms with Gasteiger partial charge in [-0.1, -0.05) is 30.3 Å². The van der Waals surface area contributed by atoms with Crippen molar-refractivity contribution in [3.05, 3.63) is 35.9 Å². The van der Waals surface area contributed by atoms with Gasteiger partial charge in [-0.15, -0.1) is 0 Å². The number of piperidine rings is 1. The van der Waals surface area contributed by atoms with Crippen molar-refractivity contribution in [3.8, 4) is 0 Å². The summed E-state index contributed by atoms with van der Waals surface area (Å²) in [6.07, 6.45) is 3.11. The van der Waals surface area contributed by atoms with Crippen LogP contribution in [0, 0.1) is 11.3 Å². The van der Waals surface area contributed by atoms with Gasteiger partial charge in [0.1, 0.15) is 0 Å². The van der Waals surface area contributed by atoms with Crippen LogP contribution in [0.4, 0.5) is 0 Å². The molecule has 2 atom stereocenters. The van der Waals surface area contributed by atoms with Crippen molar-refractivity contribution in [3.63, 3.8) is 0 Å². The second-order valence-corrected chi connectivity index (χ2v) is 7.58. The highest BCUT2D eigenvalue weighted by atomic mass is 16.5. The van der Waals surface area contributed by atoms with E-state index in [-0.39, 0.29) is 41.8 Å². The van der Waals surface area contributed by atoms with Crippen LogP contribution >= 0.6 is 0 Å². The Morgan fingerprint density at radius 3 is 2.56 bits per heavy atom. The molecule has 136 valence electrons. The third kappa shape index (κ3) is 4.40. The zero-order valence-corrected chi connectivity index (χ0v) is 15.1. The Morgan fingerprint density at radius 2 is 1.92 bits per heavy atom. The molecule has 1 aromatic rings. The molecule has 1 saturated heterocycles. The van der Waals surface area contributed by atoms with Crippen molar-refractivity contribution in [2.45, 2.75) is 51.7 Å². The van der Waals surface area contributed by atoms with Gasteiger partial charge in [-0.2, -0.15) is 0 Å². The molecule has 5 nitrogen and oxygen atoms in total. The lowest BCUT2D eigenvalue weighted by atomic mass is 9.91. The topological polar surface area (TPSA) is 67.4 Å². The Bertz CT molecular complexity index is 609. The summed E-state index contributed by atoms with van der Waals surface area (Å²) in [5, 5.41) is 6.47. The third-order valence-corrected chi connectivity index (χ3v) is 5.36. The lowest BCUT2D eigenvalue weighted by Gasteiger charge is -2.24. The van der Waals surface area contributed by atoms with E-state index in [1.165, 1.54) is 0 Å². The first-order chi connectivity index (χ1) is 12.0. The summed E-state index contributed by atoms with van der Waals surface area (Å²) in [6.45, 7) is 5.65. The van der Waals surface area contributed by atoms with Crippen molar-refractivity contribution < 1.29 is 14.3 Å². The first-order valence-corrected chi connectivity index (χ1v) is 9.26. The van der Waals surface area contributed by atoms with Crippen LogP contribution in [0.5, 0.6) is 0 Å². The Balaban J connectivity index is 1.65. The summed E-state index contributed by atoms with van der Waals surface area (Å²) in [4.78, 5) is 24.9. The van der Waals surface area contributed by atoms with Gasteiger partial charge >= 0.3 is 5.97 Å². The Hall–Kier alpha value is -1.88. The Labute approximate surface area is 149 Å². The van der Waals surface area contributed by atoms with Crippen molar-refractivity contribution in [1.29, 1.82) is 0 Å². The Kier molecular flexibility index (Phi) is 5.42. The predicted octanol–water partition coefficient (Wildman–Crippen LogP) is 2.58. The van der Waals surface area contributed by atoms with Gasteiger partial charge in [-0.3, -0.25) is 9.59 Å². The van der Waals surface area contributed by atoms with E-state index in [0.717, 1.165) is 37.9 Å². The minimum Gasteiger partial charge on any atom is -0.463 e. The van der Waals surface area contributed by atoms with Crippen molar-refractivity contribution in [1.82, 2.24) is 10.6 Å². The molecule has 2 N–H and O–H groups in total. The molecule has 2 unspecified atom stereocenters. The number of hydrogen-bond donors (Lipinski definition) is 2. The number of benzene rings is 1. The van der Waals surface area contributed by atoms with Crippen LogP contribution in [0.2, 0.25) is 0 Å². The number of esters is 1. The van der Waals surface area contributed by atoms with Crippen LogP contribution in [0.1, 0.15) is 51.1 Å². The molecule has 1 aliphatic heterocycles. The van der Waals surface area contributed by atoms with Crippen LogP contribution in [-0.4, -0.2) is 31.1 Å². The predicted molar refractivity (Wildman–Crippen MR) is 95.8 cm³/mol. The van der Waals surface area contributed by atoms with E-state index >= 15 is 0 Å². The maximum Gasteiger partial charge on any atom is 0.308 e. The molecule has 0 radical (unpaired) electrons. The van der Waals surface area contributed by atoms with Crippen LogP contribution in [0.15, 0.2) is 30.3 Å². The summed E-state index contributed by atoms with van der Waals surface area (Å²) >= 11 is 0. The van der Waals surface area contributed by atoms with Crippen molar-refractivity contribution >= 4 is 11.9 Å². The first kappa shape index (κ1) is 17.9. The standard InChI is InChI=1S/C20H28N2O3/c1-14(2)25-18(23)12-17(15-6-4-3-5-7-15)22-19(24)16-13-20(16)8-10-21-11-9-20/h3-7,14,16-17,21H,8-13H2,1-2H3,(H,22,24). The van der Waals surface area contributed by atoms with E-state index in [4.69, 9.17) is 4.74 Å². The molecule has 1 aromatic carbocycles. The lowest BCUT2D eigenvalue weighted by Crippen LogP contribution is -2.36. The average Bonchev–Trinajstić information content (AvgIpc) is 3.28. The van der Waals surface area contributed by atoms with Gasteiger partial charge in [-0.25, -0.2) is 0 Å². The number of rotatable bonds is 6. The molecule has 25 heavy (non-hydrogen) atoms. The van der Waals surface area contributed by atoms with Crippen molar-refractivity contribution in [2.75, 3.05) is 13.1 Å². The number of ether oxygens (including phenoxy) is 1. The fourth-order valence-electron chi connectivity index (χ4n) is 3.88. The monoisotopic (exact) mass is 344 g/mol. The summed E-state index contributed by atoms with van der Waals surface area (Å²) in [6, 6.07) is 9.34. The van der Waals surface area contributed by atoms with Crippen LogP contribution < -0.4 is 10.6 Å². The van der Waals surface area contributed by atoms with E-state index in [2.05, 4.69) is 10.6 Å². The molecular formula is C20H28N2O3. The van der Waals surface area contributed by atoms with Gasteiger partial charge in [0.15, 0.2) is 0 Å². The number of amides is 1. The average molecular weight is 344 g/mol. The number of carbonyl (C=O) groups excluding carboxylic acids is 2. The smallest absolute Gasteiger partial charge is 0.308 e. The minimum absolute atomic E-state index is 0.0769. The largest absolute Gasteiger partial charge is 0.463 e. The molecule has 5 heteroatoms. The van der Waals surface area contributed by atoms with E-state index in [9.17, 15) is 9.59 Å². The summed E-state index contributed by atoms with van der Waals surface area (Å²) in [5.74, 6) is -0.119. The van der Waals surface area contributed by atoms with Crippen molar-refractivity contribution in [2.24, 2.45) is 11.3 Å². The van der Waals surface area contributed by atoms with E-state index in [0.29, 0.717) is 0 Å². The molecule has 1 heterocycles. The maximum absolute atomic E-state index is 12.8. The molecule has 1 spiro atoms. The van der Waals surface area contributed by atoms with E-state index in [1.807, 2.05) is 44.2 Å². The highest BCUT2D eigenvalue weighted by Crippen LogP contribution is 2.58. The molecule has 1 saturated carbocycles. The summed E-state index contributed by atoms with van der Waals surface area (Å²) in [5.41, 5.74) is 1.13. The van der Waals surface area contributed by atoms with Gasteiger partial charge in [0.2, 0.25) is 5.91 Å². The molecule has 1 aliphatic carbocycles. The molecular weight excluding hydrogens is 316 g/mol. The molecule has 1 amide bonds. The number of nitrogens with one attached hydrogen (secondary N) is 2. The fourth-order valence-corrected chi connectivity index (χ4v) is 3.88. The molecule has 0 bridgehead atoms. The van der Waals surface area contributed by atoms with Crippen LogP contribution in [0.3, 0.4) is 0 Å². The molecule has 0 aromatic heterocycles. The summed E-state index contributed by atoms with van der Waals surface area (Å²) < 4.78 is 5.27. The molecule has 2 aliphatic rings. The second kappa shape index (κ2) is 7.56. The van der Waals surface area contributed by atoms with Crippen LogP contribution in [-0.2, 0) is 14.3 Å². The van der Waals surface area contributed by atoms with E-state index < -0.39 is 0 Å². The second-order valence-electron chi connectivity index (χ2n) is 7.58. The minimum atomic E-state index is -0.334. The number of carbonyl (C=O) groups is 2. The summed E-state index contributed by atoms with van der Waals surface area (Å²) in [7, 11) is 0. The zero-order chi connectivity index (χ0) is 17.9. The lowest BCUT2D eigenvalue weighted by molar-refractivity contribution is -0.148. The molecule has 3 rings (SSSR count). The van der Waals surface area contributed by atoms with Gasteiger partial charge in [0.25, 0.3) is 0 Å². The van der Waals surface area contributed by atoms with Gasteiger partial charge < -0.3 is 15.4 Å². The Morgan fingerprint density at radius 1 is 1.24 bits per heavy atom. The third-order valence-electron chi connectivity index (χ3n) is 5.36. The highest BCUT2D eigenvalue weighted by molar-refractivity contribution is 5.83. The van der Waals surface area contributed by atoms with Crippen LogP contribution in [0.25, 0.3) is 0 Å². The SMILES string of the molecule is CC(C)OC(=O)CC(NC(=O)C1CC12CCNCC2)c1ccccc1. The van der Waals surface area contributed by atoms with Gasteiger partial charge in [0.05, 0.1) is 18.6 Å². The highest BCUT2D eigenvalue weighted by Gasteiger charge is 2.57. The molecule has 2 fully saturated rings. The van der Waals surface area contributed by atoms with Gasteiger partial charge in [-0.05, 0) is 57.2 Å².